The summed E-state index contributed by atoms with van der Waals surface area (Å²) in [6, 6.07) is 8.01. The third-order valence-electron chi connectivity index (χ3n) is 2.79. The highest BCUT2D eigenvalue weighted by Crippen LogP contribution is 2.37. The van der Waals surface area contributed by atoms with Gasteiger partial charge in [-0.1, -0.05) is 24.6 Å². The van der Waals surface area contributed by atoms with Gasteiger partial charge in [-0.05, 0) is 46.6 Å². The van der Waals surface area contributed by atoms with Gasteiger partial charge in [0.2, 0.25) is 0 Å². The highest BCUT2D eigenvalue weighted by atomic mass is 79.9. The molecule has 3 N–H and O–H groups in total. The fourth-order valence-corrected chi connectivity index (χ4v) is 2.69. The topological polar surface area (TPSA) is 47.3 Å². The molecule has 0 spiro atoms. The number of rotatable bonds is 5. The Labute approximate surface area is 136 Å². The first kappa shape index (κ1) is 15.9. The molecule has 0 saturated heterocycles. The molecule has 0 aliphatic rings. The van der Waals surface area contributed by atoms with Crippen LogP contribution in [0.1, 0.15) is 13.3 Å². The Bertz CT molecular complexity index is 629. The zero-order chi connectivity index (χ0) is 15.4. The lowest BCUT2D eigenvalue weighted by molar-refractivity contribution is 0.319. The standard InChI is InChI=1S/C15H15BrClFN2O/c1-2-6-21-13-5-3-4-12(14(13)19)20-15-10(16)7-9(18)8-11(15)17/h3-5,7-8,20H,2,6,19H2,1H3. The second kappa shape index (κ2) is 7.00. The van der Waals surface area contributed by atoms with Crippen molar-refractivity contribution in [2.24, 2.45) is 0 Å². The van der Waals surface area contributed by atoms with Crippen LogP contribution in [0.25, 0.3) is 0 Å². The molecule has 2 rings (SSSR count). The average Bonchev–Trinajstić information content (AvgIpc) is 2.43. The van der Waals surface area contributed by atoms with E-state index < -0.39 is 5.82 Å². The van der Waals surface area contributed by atoms with Gasteiger partial charge in [0, 0.05) is 4.47 Å². The second-order valence-corrected chi connectivity index (χ2v) is 5.70. The minimum absolute atomic E-state index is 0.265. The largest absolute Gasteiger partial charge is 0.491 e. The van der Waals surface area contributed by atoms with Crippen LogP contribution in [-0.2, 0) is 0 Å². The molecule has 3 nitrogen and oxygen atoms in total. The lowest BCUT2D eigenvalue weighted by Gasteiger charge is -2.15. The molecule has 0 unspecified atom stereocenters. The van der Waals surface area contributed by atoms with Crippen molar-refractivity contribution < 1.29 is 9.13 Å². The zero-order valence-corrected chi connectivity index (χ0v) is 13.8. The van der Waals surface area contributed by atoms with Crippen LogP contribution in [0, 0.1) is 5.82 Å². The van der Waals surface area contributed by atoms with Gasteiger partial charge in [0.1, 0.15) is 11.6 Å². The van der Waals surface area contributed by atoms with Crippen LogP contribution in [0.4, 0.5) is 21.5 Å². The Morgan fingerprint density at radius 2 is 2.14 bits per heavy atom. The summed E-state index contributed by atoms with van der Waals surface area (Å²) in [5.74, 6) is 0.196. The molecule has 0 amide bonds. The SMILES string of the molecule is CCCOc1cccc(Nc2c(Cl)cc(F)cc2Br)c1N. The molecule has 0 bridgehead atoms. The van der Waals surface area contributed by atoms with Gasteiger partial charge in [-0.25, -0.2) is 4.39 Å². The maximum Gasteiger partial charge on any atom is 0.144 e. The number of nitrogens with two attached hydrogens (primary N) is 1. The summed E-state index contributed by atoms with van der Waals surface area (Å²) in [5.41, 5.74) is 7.77. The first-order valence-electron chi connectivity index (χ1n) is 6.45. The molecule has 2 aromatic carbocycles. The van der Waals surface area contributed by atoms with Crippen molar-refractivity contribution >= 4 is 44.6 Å². The molecule has 0 atom stereocenters. The van der Waals surface area contributed by atoms with Gasteiger partial charge in [-0.2, -0.15) is 0 Å². The van der Waals surface area contributed by atoms with Crippen LogP contribution in [0.2, 0.25) is 5.02 Å². The van der Waals surface area contributed by atoms with Crippen LogP contribution >= 0.6 is 27.5 Å². The van der Waals surface area contributed by atoms with E-state index in [9.17, 15) is 4.39 Å². The van der Waals surface area contributed by atoms with Gasteiger partial charge >= 0.3 is 0 Å². The number of nitrogen functional groups attached to an aromatic ring is 1. The van der Waals surface area contributed by atoms with E-state index >= 15 is 0 Å². The number of benzene rings is 2. The number of hydrogen-bond acceptors (Lipinski definition) is 3. The maximum absolute atomic E-state index is 13.2. The summed E-state index contributed by atoms with van der Waals surface area (Å²) in [4.78, 5) is 0. The van der Waals surface area contributed by atoms with Crippen LogP contribution in [0.3, 0.4) is 0 Å². The molecule has 0 aliphatic heterocycles. The van der Waals surface area contributed by atoms with Crippen LogP contribution in [0.5, 0.6) is 5.75 Å². The summed E-state index contributed by atoms with van der Waals surface area (Å²) in [6.45, 7) is 2.61. The summed E-state index contributed by atoms with van der Waals surface area (Å²) < 4.78 is 19.3. The molecule has 0 aliphatic carbocycles. The predicted octanol–water partition coefficient (Wildman–Crippen LogP) is 5.36. The predicted molar refractivity (Wildman–Crippen MR) is 89.0 cm³/mol. The molecule has 0 aromatic heterocycles. The van der Waals surface area contributed by atoms with E-state index in [2.05, 4.69) is 21.2 Å². The van der Waals surface area contributed by atoms with Crippen molar-refractivity contribution in [1.82, 2.24) is 0 Å². The smallest absolute Gasteiger partial charge is 0.144 e. The molecule has 0 fully saturated rings. The number of halogens is 3. The van der Waals surface area contributed by atoms with Gasteiger partial charge in [-0.3, -0.25) is 0 Å². The minimum Gasteiger partial charge on any atom is -0.491 e. The lowest BCUT2D eigenvalue weighted by atomic mass is 10.2. The third-order valence-corrected chi connectivity index (χ3v) is 3.72. The van der Waals surface area contributed by atoms with Crippen LogP contribution in [0.15, 0.2) is 34.8 Å². The Kier molecular flexibility index (Phi) is 5.31. The summed E-state index contributed by atoms with van der Waals surface area (Å²) in [6.07, 6.45) is 0.895. The quantitative estimate of drug-likeness (QED) is 0.694. The van der Waals surface area contributed by atoms with E-state index in [0.29, 0.717) is 33.9 Å². The molecule has 2 aromatic rings. The number of para-hydroxylation sites is 1. The normalized spacial score (nSPS) is 10.5. The summed E-state index contributed by atoms with van der Waals surface area (Å²) >= 11 is 9.34. The fourth-order valence-electron chi connectivity index (χ4n) is 1.79. The Balaban J connectivity index is 2.32. The minimum atomic E-state index is -0.412. The molecular weight excluding hydrogens is 359 g/mol. The molecule has 0 heterocycles. The highest BCUT2D eigenvalue weighted by molar-refractivity contribution is 9.10. The Hall–Kier alpha value is -1.46. The number of hydrogen-bond donors (Lipinski definition) is 2. The van der Waals surface area contributed by atoms with E-state index in [1.807, 2.05) is 13.0 Å². The molecule has 0 saturated carbocycles. The molecular formula is C15H15BrClFN2O. The van der Waals surface area contributed by atoms with Gasteiger partial charge < -0.3 is 15.8 Å². The van der Waals surface area contributed by atoms with Gasteiger partial charge in [0.05, 0.1) is 28.7 Å². The molecule has 6 heteroatoms. The van der Waals surface area contributed by atoms with E-state index in [1.54, 1.807) is 12.1 Å². The number of nitrogens with one attached hydrogen (secondary N) is 1. The second-order valence-electron chi connectivity index (χ2n) is 4.44. The van der Waals surface area contributed by atoms with Crippen LogP contribution < -0.4 is 15.8 Å². The summed E-state index contributed by atoms with van der Waals surface area (Å²) in [5, 5.41) is 3.37. The molecule has 0 radical (unpaired) electrons. The molecule has 21 heavy (non-hydrogen) atoms. The van der Waals surface area contributed by atoms with E-state index in [0.717, 1.165) is 6.42 Å². The van der Waals surface area contributed by atoms with Gasteiger partial charge in [0.15, 0.2) is 0 Å². The first-order chi connectivity index (χ1) is 10.0. The highest BCUT2D eigenvalue weighted by Gasteiger charge is 2.12. The molecule has 112 valence electrons. The number of anilines is 3. The average molecular weight is 374 g/mol. The number of ether oxygens (including phenoxy) is 1. The van der Waals surface area contributed by atoms with E-state index in [4.69, 9.17) is 22.1 Å². The monoisotopic (exact) mass is 372 g/mol. The van der Waals surface area contributed by atoms with Gasteiger partial charge in [0.25, 0.3) is 0 Å². The van der Waals surface area contributed by atoms with Crippen molar-refractivity contribution in [3.8, 4) is 5.75 Å². The van der Waals surface area contributed by atoms with Gasteiger partial charge in [-0.15, -0.1) is 0 Å². The third kappa shape index (κ3) is 3.80. The zero-order valence-electron chi connectivity index (χ0n) is 11.4. The Morgan fingerprint density at radius 3 is 2.81 bits per heavy atom. The van der Waals surface area contributed by atoms with Crippen molar-refractivity contribution in [2.45, 2.75) is 13.3 Å². The van der Waals surface area contributed by atoms with Crippen molar-refractivity contribution in [1.29, 1.82) is 0 Å². The van der Waals surface area contributed by atoms with Crippen molar-refractivity contribution in [2.75, 3.05) is 17.7 Å². The van der Waals surface area contributed by atoms with Crippen molar-refractivity contribution in [3.05, 3.63) is 45.6 Å². The Morgan fingerprint density at radius 1 is 1.38 bits per heavy atom. The lowest BCUT2D eigenvalue weighted by Crippen LogP contribution is -2.03. The van der Waals surface area contributed by atoms with E-state index in [1.165, 1.54) is 12.1 Å². The van der Waals surface area contributed by atoms with E-state index in [-0.39, 0.29) is 5.02 Å². The first-order valence-corrected chi connectivity index (χ1v) is 7.63. The van der Waals surface area contributed by atoms with Crippen molar-refractivity contribution in [3.63, 3.8) is 0 Å². The maximum atomic E-state index is 13.2. The summed E-state index contributed by atoms with van der Waals surface area (Å²) in [7, 11) is 0. The fraction of sp³-hybridized carbons (Fsp3) is 0.200. The van der Waals surface area contributed by atoms with Crippen LogP contribution in [-0.4, -0.2) is 6.61 Å².